The van der Waals surface area contributed by atoms with Crippen molar-refractivity contribution >= 4 is 35.8 Å². The molecule has 3 rings (SSSR count). The molecule has 2 N–H and O–H groups in total. The van der Waals surface area contributed by atoms with E-state index in [9.17, 15) is 4.79 Å². The molecule has 30 heavy (non-hydrogen) atoms. The first kappa shape index (κ1) is 24.9. The van der Waals surface area contributed by atoms with Crippen LogP contribution in [0.3, 0.4) is 0 Å². The number of amides is 1. The number of carbonyl (C=O) groups excluding carboxylic acids is 1. The highest BCUT2D eigenvalue weighted by atomic mass is 127. The Morgan fingerprint density at radius 3 is 2.63 bits per heavy atom. The molecule has 1 aromatic rings. The van der Waals surface area contributed by atoms with Crippen LogP contribution in [0.1, 0.15) is 45.2 Å². The molecule has 2 aliphatic heterocycles. The molecule has 7 heteroatoms. The summed E-state index contributed by atoms with van der Waals surface area (Å²) in [5.74, 6) is 1.17. The van der Waals surface area contributed by atoms with Gasteiger partial charge in [-0.1, -0.05) is 38.1 Å². The summed E-state index contributed by atoms with van der Waals surface area (Å²) in [6, 6.07) is 9.42. The Balaban J connectivity index is 0.00000320. The van der Waals surface area contributed by atoms with Crippen molar-refractivity contribution in [1.29, 1.82) is 0 Å². The van der Waals surface area contributed by atoms with E-state index in [0.717, 1.165) is 58.1 Å². The molecule has 2 heterocycles. The molecule has 0 radical (unpaired) electrons. The number of halogens is 1. The Hall–Kier alpha value is -1.35. The normalized spacial score (nSPS) is 20.5. The van der Waals surface area contributed by atoms with E-state index in [0.29, 0.717) is 6.04 Å². The predicted molar refractivity (Wildman–Crippen MR) is 134 cm³/mol. The van der Waals surface area contributed by atoms with E-state index in [1.807, 2.05) is 18.7 Å². The molecule has 2 aliphatic rings. The first-order valence-electron chi connectivity index (χ1n) is 11.1. The van der Waals surface area contributed by atoms with E-state index in [4.69, 9.17) is 4.99 Å². The molecule has 0 bridgehead atoms. The number of carbonyl (C=O) groups is 1. The van der Waals surface area contributed by atoms with Crippen LogP contribution in [0.2, 0.25) is 0 Å². The summed E-state index contributed by atoms with van der Waals surface area (Å²) >= 11 is 0. The molecule has 1 aromatic carbocycles. The molecule has 2 atom stereocenters. The Bertz CT molecular complexity index is 723. The zero-order valence-corrected chi connectivity index (χ0v) is 21.2. The van der Waals surface area contributed by atoms with Gasteiger partial charge in [0.2, 0.25) is 5.91 Å². The molecule has 0 saturated carbocycles. The zero-order chi connectivity index (χ0) is 20.8. The summed E-state index contributed by atoms with van der Waals surface area (Å²) in [7, 11) is 0. The first-order valence-corrected chi connectivity index (χ1v) is 11.1. The number of hydrogen-bond donors (Lipinski definition) is 2. The fourth-order valence-corrected chi connectivity index (χ4v) is 4.19. The summed E-state index contributed by atoms with van der Waals surface area (Å²) in [6.45, 7) is 13.6. The highest BCUT2D eigenvalue weighted by Crippen LogP contribution is 2.20. The largest absolute Gasteiger partial charge is 0.357 e. The second-order valence-corrected chi connectivity index (χ2v) is 8.63. The fraction of sp³-hybridized carbons (Fsp3) is 0.652. The smallest absolute Gasteiger partial charge is 0.225 e. The van der Waals surface area contributed by atoms with Crippen LogP contribution in [0.25, 0.3) is 0 Å². The molecule has 168 valence electrons. The average Bonchev–Trinajstić information content (AvgIpc) is 3.19. The third-order valence-corrected chi connectivity index (χ3v) is 5.98. The van der Waals surface area contributed by atoms with Crippen molar-refractivity contribution in [1.82, 2.24) is 20.4 Å². The highest BCUT2D eigenvalue weighted by molar-refractivity contribution is 14.0. The van der Waals surface area contributed by atoms with Crippen molar-refractivity contribution in [3.8, 4) is 0 Å². The number of aliphatic imine (C=N–C) groups is 1. The quantitative estimate of drug-likeness (QED) is 0.340. The SMILES string of the molecule is CCNC(=NCC(C)N1CCc2ccccc2C1)NC1CCN(C(=O)C(C)C)C1.I. The number of hydrogen-bond acceptors (Lipinski definition) is 3. The lowest BCUT2D eigenvalue weighted by Gasteiger charge is -2.33. The summed E-state index contributed by atoms with van der Waals surface area (Å²) in [6.07, 6.45) is 2.09. The maximum Gasteiger partial charge on any atom is 0.225 e. The molecule has 0 spiro atoms. The van der Waals surface area contributed by atoms with Gasteiger partial charge in [-0.05, 0) is 37.8 Å². The van der Waals surface area contributed by atoms with Gasteiger partial charge in [-0.2, -0.15) is 0 Å². The lowest BCUT2D eigenvalue weighted by Crippen LogP contribution is -2.46. The summed E-state index contributed by atoms with van der Waals surface area (Å²) in [4.78, 5) is 21.6. The number of guanidine groups is 1. The Labute approximate surface area is 198 Å². The molecular formula is C23H38IN5O. The molecule has 1 saturated heterocycles. The van der Waals surface area contributed by atoms with Crippen LogP contribution in [0.5, 0.6) is 0 Å². The van der Waals surface area contributed by atoms with Gasteiger partial charge in [-0.25, -0.2) is 0 Å². The van der Waals surface area contributed by atoms with Crippen LogP contribution in [0.4, 0.5) is 0 Å². The number of benzene rings is 1. The molecule has 1 amide bonds. The molecule has 1 fully saturated rings. The van der Waals surface area contributed by atoms with Crippen LogP contribution in [-0.4, -0.2) is 66.5 Å². The lowest BCUT2D eigenvalue weighted by atomic mass is 9.99. The maximum absolute atomic E-state index is 12.2. The topological polar surface area (TPSA) is 60.0 Å². The van der Waals surface area contributed by atoms with Crippen LogP contribution >= 0.6 is 24.0 Å². The van der Waals surface area contributed by atoms with Gasteiger partial charge in [0.25, 0.3) is 0 Å². The predicted octanol–water partition coefficient (Wildman–Crippen LogP) is 2.86. The van der Waals surface area contributed by atoms with Crippen molar-refractivity contribution < 1.29 is 4.79 Å². The van der Waals surface area contributed by atoms with E-state index in [1.165, 1.54) is 11.1 Å². The minimum Gasteiger partial charge on any atom is -0.357 e. The molecule has 2 unspecified atom stereocenters. The van der Waals surface area contributed by atoms with Crippen molar-refractivity contribution in [3.05, 3.63) is 35.4 Å². The minimum atomic E-state index is 0. The van der Waals surface area contributed by atoms with Gasteiger partial charge < -0.3 is 15.5 Å². The van der Waals surface area contributed by atoms with E-state index < -0.39 is 0 Å². The standard InChI is InChI=1S/C23H37N5O.HI/c1-5-24-23(26-21-11-13-28(16-21)22(29)17(2)3)25-14-18(4)27-12-10-19-8-6-7-9-20(19)15-27;/h6-9,17-18,21H,5,10-16H2,1-4H3,(H2,24,25,26);1H. The zero-order valence-electron chi connectivity index (χ0n) is 18.9. The number of nitrogens with zero attached hydrogens (tertiary/aromatic N) is 3. The van der Waals surface area contributed by atoms with Crippen LogP contribution in [-0.2, 0) is 17.8 Å². The second kappa shape index (κ2) is 11.9. The van der Waals surface area contributed by atoms with Crippen molar-refractivity contribution in [2.45, 2.75) is 59.2 Å². The van der Waals surface area contributed by atoms with E-state index in [2.05, 4.69) is 53.6 Å². The Morgan fingerprint density at radius 2 is 1.93 bits per heavy atom. The monoisotopic (exact) mass is 527 g/mol. The number of nitrogens with one attached hydrogen (secondary N) is 2. The first-order chi connectivity index (χ1) is 14.0. The van der Waals surface area contributed by atoms with Crippen LogP contribution < -0.4 is 10.6 Å². The van der Waals surface area contributed by atoms with Crippen LogP contribution in [0.15, 0.2) is 29.3 Å². The van der Waals surface area contributed by atoms with Gasteiger partial charge in [-0.15, -0.1) is 24.0 Å². The van der Waals surface area contributed by atoms with Gasteiger partial charge >= 0.3 is 0 Å². The van der Waals surface area contributed by atoms with Gasteiger partial charge in [-0.3, -0.25) is 14.7 Å². The van der Waals surface area contributed by atoms with E-state index in [1.54, 1.807) is 0 Å². The van der Waals surface area contributed by atoms with Crippen molar-refractivity contribution in [2.24, 2.45) is 10.9 Å². The minimum absolute atomic E-state index is 0. The van der Waals surface area contributed by atoms with Crippen molar-refractivity contribution in [2.75, 3.05) is 32.7 Å². The fourth-order valence-electron chi connectivity index (χ4n) is 4.19. The number of likely N-dealkylation sites (tertiary alicyclic amines) is 1. The molecule has 0 aliphatic carbocycles. The number of fused-ring (bicyclic) bond motifs is 1. The Morgan fingerprint density at radius 1 is 1.20 bits per heavy atom. The highest BCUT2D eigenvalue weighted by Gasteiger charge is 2.28. The summed E-state index contributed by atoms with van der Waals surface area (Å²) in [5, 5.41) is 6.91. The van der Waals surface area contributed by atoms with Gasteiger partial charge in [0.1, 0.15) is 0 Å². The van der Waals surface area contributed by atoms with Gasteiger partial charge in [0, 0.05) is 50.7 Å². The molecule has 6 nitrogen and oxygen atoms in total. The maximum atomic E-state index is 12.2. The lowest BCUT2D eigenvalue weighted by molar-refractivity contribution is -0.133. The number of rotatable bonds is 6. The third-order valence-electron chi connectivity index (χ3n) is 5.98. The molecule has 0 aromatic heterocycles. The average molecular weight is 527 g/mol. The van der Waals surface area contributed by atoms with Crippen molar-refractivity contribution in [3.63, 3.8) is 0 Å². The summed E-state index contributed by atoms with van der Waals surface area (Å²) in [5.41, 5.74) is 2.93. The second-order valence-electron chi connectivity index (χ2n) is 8.63. The molecular weight excluding hydrogens is 489 g/mol. The third kappa shape index (κ3) is 6.57. The summed E-state index contributed by atoms with van der Waals surface area (Å²) < 4.78 is 0. The Kier molecular flexibility index (Phi) is 9.87. The van der Waals surface area contributed by atoms with E-state index >= 15 is 0 Å². The van der Waals surface area contributed by atoms with Gasteiger partial charge in [0.05, 0.1) is 6.54 Å². The van der Waals surface area contributed by atoms with Crippen LogP contribution in [0, 0.1) is 5.92 Å². The van der Waals surface area contributed by atoms with Gasteiger partial charge in [0.15, 0.2) is 5.96 Å². The van der Waals surface area contributed by atoms with E-state index in [-0.39, 0.29) is 41.8 Å².